The Morgan fingerprint density at radius 1 is 1.14 bits per heavy atom. The molecule has 1 atom stereocenters. The van der Waals surface area contributed by atoms with Crippen molar-refractivity contribution in [2.75, 3.05) is 0 Å². The maximum atomic E-state index is 10.3. The van der Waals surface area contributed by atoms with E-state index in [1.165, 1.54) is 9.13 Å². The number of hydrogen-bond acceptors (Lipinski definition) is 4. The normalized spacial score (nSPS) is 17.4. The Labute approximate surface area is 128 Å². The van der Waals surface area contributed by atoms with Gasteiger partial charge in [0.15, 0.2) is 17.6 Å². The average molecular weight is 304 g/mol. The van der Waals surface area contributed by atoms with Gasteiger partial charge >= 0.3 is 0 Å². The van der Waals surface area contributed by atoms with Crippen molar-refractivity contribution < 1.29 is 20.4 Å². The zero-order valence-electron chi connectivity index (χ0n) is 12.8. The summed E-state index contributed by atoms with van der Waals surface area (Å²) in [5, 5.41) is 40.5. The molecular weight excluding hydrogens is 284 g/mol. The van der Waals surface area contributed by atoms with E-state index >= 15 is 0 Å². The molecule has 3 rings (SSSR count). The number of nitrogens with zero attached hydrogens (tertiary/aromatic N) is 2. The van der Waals surface area contributed by atoms with Crippen LogP contribution in [0, 0.1) is 0 Å². The van der Waals surface area contributed by atoms with Gasteiger partial charge in [0.1, 0.15) is 0 Å². The minimum atomic E-state index is -0.168. The second kappa shape index (κ2) is 4.76. The fourth-order valence-electron chi connectivity index (χ4n) is 3.32. The molecule has 2 heterocycles. The molecule has 0 amide bonds. The zero-order valence-corrected chi connectivity index (χ0v) is 12.8. The molecule has 0 fully saturated rings. The van der Waals surface area contributed by atoms with Crippen LogP contribution in [-0.4, -0.2) is 29.6 Å². The molecule has 6 nitrogen and oxygen atoms in total. The fourth-order valence-corrected chi connectivity index (χ4v) is 3.32. The van der Waals surface area contributed by atoms with Gasteiger partial charge in [-0.05, 0) is 25.8 Å². The largest absolute Gasteiger partial charge is 0.494 e. The monoisotopic (exact) mass is 304 g/mol. The summed E-state index contributed by atoms with van der Waals surface area (Å²) in [6, 6.07) is 1.55. The standard InChI is InChI=1S/C16H20N2O4/c1-4-18-12(19)7-10(15(18)21)9-5-8(2)13-11(6-9)14(20)17(3)16(13)22/h5,7,9,19-22H,4,6H2,1-3H3. The predicted molar refractivity (Wildman–Crippen MR) is 82.3 cm³/mol. The van der Waals surface area contributed by atoms with Crippen LogP contribution >= 0.6 is 0 Å². The summed E-state index contributed by atoms with van der Waals surface area (Å²) in [7, 11) is 1.60. The van der Waals surface area contributed by atoms with Gasteiger partial charge in [-0.1, -0.05) is 6.08 Å². The highest BCUT2D eigenvalue weighted by molar-refractivity contribution is 5.76. The molecule has 6 heteroatoms. The number of allylic oxidation sites excluding steroid dienone is 2. The van der Waals surface area contributed by atoms with Crippen molar-refractivity contribution in [2.24, 2.45) is 7.05 Å². The minimum absolute atomic E-state index is 0.0204. The van der Waals surface area contributed by atoms with Crippen molar-refractivity contribution in [3.05, 3.63) is 28.8 Å². The van der Waals surface area contributed by atoms with Crippen molar-refractivity contribution in [1.82, 2.24) is 9.13 Å². The predicted octanol–water partition coefficient (Wildman–Crippen LogP) is 2.41. The molecule has 2 aromatic rings. The van der Waals surface area contributed by atoms with E-state index in [0.717, 1.165) is 5.57 Å². The molecule has 1 aliphatic rings. The first-order valence-corrected chi connectivity index (χ1v) is 7.26. The van der Waals surface area contributed by atoms with E-state index in [9.17, 15) is 20.4 Å². The van der Waals surface area contributed by atoms with Crippen molar-refractivity contribution in [3.8, 4) is 23.5 Å². The lowest BCUT2D eigenvalue weighted by Gasteiger charge is -2.20. The van der Waals surface area contributed by atoms with Crippen molar-refractivity contribution in [3.63, 3.8) is 0 Å². The number of fused-ring (bicyclic) bond motifs is 1. The lowest BCUT2D eigenvalue weighted by atomic mass is 9.84. The molecule has 2 aromatic heterocycles. The molecule has 0 aliphatic heterocycles. The quantitative estimate of drug-likeness (QED) is 0.686. The first-order valence-electron chi connectivity index (χ1n) is 7.26. The number of aromatic nitrogens is 2. The second-order valence-electron chi connectivity index (χ2n) is 5.75. The average Bonchev–Trinajstić information content (AvgIpc) is 2.88. The molecule has 0 saturated carbocycles. The molecule has 22 heavy (non-hydrogen) atoms. The third-order valence-corrected chi connectivity index (χ3v) is 4.49. The lowest BCUT2D eigenvalue weighted by molar-refractivity contribution is 0.370. The summed E-state index contributed by atoms with van der Waals surface area (Å²) >= 11 is 0. The highest BCUT2D eigenvalue weighted by atomic mass is 16.3. The third-order valence-electron chi connectivity index (χ3n) is 4.49. The summed E-state index contributed by atoms with van der Waals surface area (Å²) in [4.78, 5) is 0. The molecule has 0 aromatic carbocycles. The van der Waals surface area contributed by atoms with Crippen LogP contribution in [0.15, 0.2) is 12.1 Å². The van der Waals surface area contributed by atoms with Gasteiger partial charge in [-0.15, -0.1) is 0 Å². The van der Waals surface area contributed by atoms with Crippen LogP contribution in [-0.2, 0) is 20.0 Å². The van der Waals surface area contributed by atoms with Crippen LogP contribution < -0.4 is 0 Å². The van der Waals surface area contributed by atoms with Gasteiger partial charge in [0, 0.05) is 42.3 Å². The molecule has 1 unspecified atom stereocenters. The molecular formula is C16H20N2O4. The molecule has 4 N–H and O–H groups in total. The maximum absolute atomic E-state index is 10.3. The van der Waals surface area contributed by atoms with E-state index in [0.29, 0.717) is 29.7 Å². The van der Waals surface area contributed by atoms with Crippen LogP contribution in [0.25, 0.3) is 5.57 Å². The molecule has 0 spiro atoms. The van der Waals surface area contributed by atoms with E-state index in [1.54, 1.807) is 13.1 Å². The fraction of sp³-hybridized carbons (Fsp3) is 0.375. The summed E-state index contributed by atoms with van der Waals surface area (Å²) in [5.74, 6) is -0.0375. The maximum Gasteiger partial charge on any atom is 0.201 e. The Morgan fingerprint density at radius 2 is 1.82 bits per heavy atom. The van der Waals surface area contributed by atoms with Crippen LogP contribution in [0.5, 0.6) is 23.5 Å². The molecule has 118 valence electrons. The van der Waals surface area contributed by atoms with Crippen LogP contribution in [0.4, 0.5) is 0 Å². The third kappa shape index (κ3) is 1.80. The minimum Gasteiger partial charge on any atom is -0.494 e. The van der Waals surface area contributed by atoms with Crippen LogP contribution in [0.2, 0.25) is 0 Å². The summed E-state index contributed by atoms with van der Waals surface area (Å²) in [6.45, 7) is 4.16. The first-order chi connectivity index (χ1) is 10.4. The van der Waals surface area contributed by atoms with Gasteiger partial charge in [0.25, 0.3) is 0 Å². The Kier molecular flexibility index (Phi) is 3.12. The highest BCUT2D eigenvalue weighted by Gasteiger charge is 2.30. The van der Waals surface area contributed by atoms with E-state index in [1.807, 2.05) is 19.9 Å². The van der Waals surface area contributed by atoms with Crippen molar-refractivity contribution in [2.45, 2.75) is 32.7 Å². The molecule has 1 aliphatic carbocycles. The highest BCUT2D eigenvalue weighted by Crippen LogP contribution is 2.46. The van der Waals surface area contributed by atoms with Gasteiger partial charge < -0.3 is 20.4 Å². The van der Waals surface area contributed by atoms with Gasteiger partial charge in [-0.2, -0.15) is 0 Å². The second-order valence-corrected chi connectivity index (χ2v) is 5.75. The van der Waals surface area contributed by atoms with Crippen molar-refractivity contribution in [1.29, 1.82) is 0 Å². The van der Waals surface area contributed by atoms with Crippen LogP contribution in [0.3, 0.4) is 0 Å². The Bertz CT molecular complexity index is 783. The molecule has 0 radical (unpaired) electrons. The van der Waals surface area contributed by atoms with Gasteiger partial charge in [-0.25, -0.2) is 0 Å². The van der Waals surface area contributed by atoms with E-state index in [-0.39, 0.29) is 29.4 Å². The number of aromatic hydroxyl groups is 4. The summed E-state index contributed by atoms with van der Waals surface area (Å²) < 4.78 is 2.77. The Morgan fingerprint density at radius 3 is 2.41 bits per heavy atom. The summed E-state index contributed by atoms with van der Waals surface area (Å²) in [5.41, 5.74) is 2.76. The van der Waals surface area contributed by atoms with E-state index in [2.05, 4.69) is 0 Å². The van der Waals surface area contributed by atoms with E-state index < -0.39 is 0 Å². The number of rotatable bonds is 2. The van der Waals surface area contributed by atoms with Crippen molar-refractivity contribution >= 4 is 5.57 Å². The zero-order chi connectivity index (χ0) is 16.2. The lowest BCUT2D eigenvalue weighted by Crippen LogP contribution is -2.06. The van der Waals surface area contributed by atoms with Crippen LogP contribution in [0.1, 0.15) is 36.5 Å². The molecule has 0 saturated heterocycles. The topological polar surface area (TPSA) is 90.8 Å². The first kappa shape index (κ1) is 14.4. The SMILES string of the molecule is CCn1c(O)cc(C2C=C(C)c3c(c(O)n(C)c3O)C2)c1O. The van der Waals surface area contributed by atoms with Gasteiger partial charge in [0.2, 0.25) is 5.88 Å². The van der Waals surface area contributed by atoms with E-state index in [4.69, 9.17) is 0 Å². The Hall–Kier alpha value is -2.50. The molecule has 0 bridgehead atoms. The van der Waals surface area contributed by atoms with Gasteiger partial charge in [0.05, 0.1) is 0 Å². The summed E-state index contributed by atoms with van der Waals surface area (Å²) in [6.07, 6.45) is 2.39. The number of hydrogen-bond donors (Lipinski definition) is 4. The Balaban J connectivity index is 2.10. The van der Waals surface area contributed by atoms with Gasteiger partial charge in [-0.3, -0.25) is 9.13 Å². The smallest absolute Gasteiger partial charge is 0.201 e.